The third-order valence-electron chi connectivity index (χ3n) is 4.05. The van der Waals surface area contributed by atoms with Gasteiger partial charge in [-0.05, 0) is 38.2 Å². The Morgan fingerprint density at radius 2 is 1.79 bits per heavy atom. The van der Waals surface area contributed by atoms with Crippen LogP contribution < -0.4 is 15.4 Å². The molecule has 0 bridgehead atoms. The van der Waals surface area contributed by atoms with E-state index in [0.717, 1.165) is 17.7 Å². The minimum Gasteiger partial charge on any atom is -0.434 e. The summed E-state index contributed by atoms with van der Waals surface area (Å²) in [5.41, 5.74) is 4.00. The molecule has 5 nitrogen and oxygen atoms in total. The molecule has 0 aliphatic rings. The van der Waals surface area contributed by atoms with Gasteiger partial charge in [0.25, 0.3) is 0 Å². The molecule has 2 N–H and O–H groups in total. The summed E-state index contributed by atoms with van der Waals surface area (Å²) in [5, 5.41) is 6.40. The number of hydrogen-bond acceptors (Lipinski definition) is 3. The van der Waals surface area contributed by atoms with Crippen LogP contribution in [0.1, 0.15) is 22.3 Å². The molecule has 2 aromatic carbocycles. The van der Waals surface area contributed by atoms with Crippen molar-refractivity contribution in [2.75, 3.05) is 21.1 Å². The van der Waals surface area contributed by atoms with E-state index in [4.69, 9.17) is 0 Å². The van der Waals surface area contributed by atoms with Crippen molar-refractivity contribution in [1.82, 2.24) is 15.5 Å². The molecule has 7 heteroatoms. The lowest BCUT2D eigenvalue weighted by Gasteiger charge is -2.16. The minimum atomic E-state index is -2.85. The Balaban J connectivity index is 1.96. The first-order valence-corrected chi connectivity index (χ1v) is 9.08. The van der Waals surface area contributed by atoms with E-state index in [-0.39, 0.29) is 5.75 Å². The molecule has 0 aromatic heterocycles. The van der Waals surface area contributed by atoms with Crippen molar-refractivity contribution < 1.29 is 13.5 Å². The van der Waals surface area contributed by atoms with E-state index in [9.17, 15) is 8.78 Å². The van der Waals surface area contributed by atoms with E-state index in [1.165, 1.54) is 5.56 Å². The van der Waals surface area contributed by atoms with Crippen molar-refractivity contribution in [3.63, 3.8) is 0 Å². The fourth-order valence-corrected chi connectivity index (χ4v) is 2.85. The molecule has 0 unspecified atom stereocenters. The Hall–Kier alpha value is -2.67. The lowest BCUT2D eigenvalue weighted by atomic mass is 10.1. The zero-order chi connectivity index (χ0) is 20.5. The van der Waals surface area contributed by atoms with Crippen LogP contribution in [0.2, 0.25) is 0 Å². The summed E-state index contributed by atoms with van der Waals surface area (Å²) in [5.74, 6) is 0.752. The van der Waals surface area contributed by atoms with Crippen molar-refractivity contribution >= 4 is 5.96 Å². The Morgan fingerprint density at radius 3 is 2.46 bits per heavy atom. The van der Waals surface area contributed by atoms with Gasteiger partial charge in [-0.2, -0.15) is 8.78 Å². The van der Waals surface area contributed by atoms with Crippen LogP contribution in [-0.4, -0.2) is 38.6 Å². The summed E-state index contributed by atoms with van der Waals surface area (Å²) >= 11 is 0. The van der Waals surface area contributed by atoms with Crippen molar-refractivity contribution in [2.45, 2.75) is 33.2 Å². The number of halogens is 2. The summed E-state index contributed by atoms with van der Waals surface area (Å²) in [7, 11) is 5.74. The Labute approximate surface area is 165 Å². The van der Waals surface area contributed by atoms with Crippen molar-refractivity contribution in [1.29, 1.82) is 0 Å². The maximum Gasteiger partial charge on any atom is 0.387 e. The fraction of sp³-hybridized carbons (Fsp3) is 0.381. The smallest absolute Gasteiger partial charge is 0.387 e. The van der Waals surface area contributed by atoms with E-state index < -0.39 is 6.61 Å². The Bertz CT molecular complexity index is 794. The van der Waals surface area contributed by atoms with E-state index in [2.05, 4.69) is 43.5 Å². The molecular weight excluding hydrogens is 362 g/mol. The number of aliphatic imine (C=N–C) groups is 1. The second kappa shape index (κ2) is 10.6. The molecule has 0 spiro atoms. The first kappa shape index (κ1) is 21.6. The molecule has 0 amide bonds. The monoisotopic (exact) mass is 390 g/mol. The van der Waals surface area contributed by atoms with Crippen LogP contribution in [0, 0.1) is 6.92 Å². The highest BCUT2D eigenvalue weighted by atomic mass is 19.3. The van der Waals surface area contributed by atoms with E-state index in [1.54, 1.807) is 19.2 Å². The maximum absolute atomic E-state index is 12.6. The van der Waals surface area contributed by atoms with Crippen LogP contribution in [0.15, 0.2) is 47.5 Å². The predicted molar refractivity (Wildman–Crippen MR) is 109 cm³/mol. The molecule has 0 atom stereocenters. The zero-order valence-electron chi connectivity index (χ0n) is 16.8. The third kappa shape index (κ3) is 7.15. The highest BCUT2D eigenvalue weighted by molar-refractivity contribution is 5.79. The average molecular weight is 390 g/mol. The van der Waals surface area contributed by atoms with Crippen LogP contribution in [-0.2, 0) is 19.6 Å². The molecule has 0 saturated carbocycles. The molecular formula is C21H28F2N4O. The molecule has 0 aliphatic carbocycles. The predicted octanol–water partition coefficient (Wildman–Crippen LogP) is 3.52. The summed E-state index contributed by atoms with van der Waals surface area (Å²) in [6.07, 6.45) is 0. The topological polar surface area (TPSA) is 48.9 Å². The molecule has 152 valence electrons. The minimum absolute atomic E-state index is 0.167. The lowest BCUT2D eigenvalue weighted by molar-refractivity contribution is -0.0504. The van der Waals surface area contributed by atoms with Crippen LogP contribution in [0.25, 0.3) is 0 Å². The first-order valence-electron chi connectivity index (χ1n) is 9.08. The number of guanidine groups is 1. The number of hydrogen-bond donors (Lipinski definition) is 2. The second-order valence-corrected chi connectivity index (χ2v) is 6.83. The lowest BCUT2D eigenvalue weighted by Crippen LogP contribution is -2.36. The number of nitrogens with zero attached hydrogens (tertiary/aromatic N) is 2. The van der Waals surface area contributed by atoms with Gasteiger partial charge in [0.2, 0.25) is 0 Å². The number of aryl methyl sites for hydroxylation is 1. The molecule has 0 radical (unpaired) electrons. The van der Waals surface area contributed by atoms with Crippen molar-refractivity contribution in [3.05, 3.63) is 64.7 Å². The highest BCUT2D eigenvalue weighted by Gasteiger charge is 2.10. The van der Waals surface area contributed by atoms with Gasteiger partial charge >= 0.3 is 6.61 Å². The van der Waals surface area contributed by atoms with Gasteiger partial charge in [0.1, 0.15) is 5.75 Å². The summed E-state index contributed by atoms with van der Waals surface area (Å²) in [6.45, 7) is 0.859. The van der Waals surface area contributed by atoms with Gasteiger partial charge in [0.15, 0.2) is 5.96 Å². The first-order chi connectivity index (χ1) is 13.4. The molecule has 28 heavy (non-hydrogen) atoms. The summed E-state index contributed by atoms with van der Waals surface area (Å²) < 4.78 is 29.8. The molecule has 0 fully saturated rings. The van der Waals surface area contributed by atoms with E-state index in [0.29, 0.717) is 24.6 Å². The van der Waals surface area contributed by atoms with Crippen LogP contribution in [0.5, 0.6) is 5.75 Å². The van der Waals surface area contributed by atoms with E-state index >= 15 is 0 Å². The van der Waals surface area contributed by atoms with Crippen molar-refractivity contribution in [3.8, 4) is 5.75 Å². The van der Waals surface area contributed by atoms with Gasteiger partial charge in [0, 0.05) is 32.2 Å². The SMILES string of the molecule is CN=C(NCc1cccc(CN(C)C)c1)NCc1cc(C)ccc1OC(F)F. The summed E-state index contributed by atoms with van der Waals surface area (Å²) in [4.78, 5) is 6.32. The average Bonchev–Trinajstić information content (AvgIpc) is 2.63. The third-order valence-corrected chi connectivity index (χ3v) is 4.05. The number of ether oxygens (including phenoxy) is 1. The standard InChI is InChI=1S/C21H28F2N4O/c1-15-8-9-19(28-20(22)23)18(10-15)13-26-21(24-2)25-12-16-6-5-7-17(11-16)14-27(3)4/h5-11,20H,12-14H2,1-4H3,(H2,24,25,26). The van der Waals surface area contributed by atoms with Gasteiger partial charge in [-0.1, -0.05) is 42.0 Å². The molecule has 0 saturated heterocycles. The summed E-state index contributed by atoms with van der Waals surface area (Å²) in [6, 6.07) is 13.5. The molecule has 2 aromatic rings. The second-order valence-electron chi connectivity index (χ2n) is 6.83. The van der Waals surface area contributed by atoms with Gasteiger partial charge in [-0.3, -0.25) is 4.99 Å². The Kier molecular flexibility index (Phi) is 8.19. The zero-order valence-corrected chi connectivity index (χ0v) is 16.8. The largest absolute Gasteiger partial charge is 0.434 e. The quantitative estimate of drug-likeness (QED) is 0.535. The van der Waals surface area contributed by atoms with Crippen LogP contribution in [0.3, 0.4) is 0 Å². The number of rotatable bonds is 8. The fourth-order valence-electron chi connectivity index (χ4n) is 2.85. The maximum atomic E-state index is 12.6. The number of alkyl halides is 2. The molecule has 0 aliphatic heterocycles. The number of nitrogens with one attached hydrogen (secondary N) is 2. The van der Waals surface area contributed by atoms with Gasteiger partial charge in [0.05, 0.1) is 0 Å². The van der Waals surface area contributed by atoms with Gasteiger partial charge < -0.3 is 20.3 Å². The number of benzene rings is 2. The highest BCUT2D eigenvalue weighted by Crippen LogP contribution is 2.22. The van der Waals surface area contributed by atoms with Crippen molar-refractivity contribution in [2.24, 2.45) is 4.99 Å². The van der Waals surface area contributed by atoms with Gasteiger partial charge in [-0.15, -0.1) is 0 Å². The van der Waals surface area contributed by atoms with E-state index in [1.807, 2.05) is 33.2 Å². The van der Waals surface area contributed by atoms with Gasteiger partial charge in [-0.25, -0.2) is 0 Å². The Morgan fingerprint density at radius 1 is 1.07 bits per heavy atom. The molecule has 2 rings (SSSR count). The van der Waals surface area contributed by atoms with Crippen LogP contribution >= 0.6 is 0 Å². The normalized spacial score (nSPS) is 11.8. The molecule has 0 heterocycles. The van der Waals surface area contributed by atoms with Crippen LogP contribution in [0.4, 0.5) is 8.78 Å².